The van der Waals surface area contributed by atoms with Crippen LogP contribution in [0.4, 0.5) is 0 Å². The molecule has 0 amide bonds. The number of benzene rings is 3. The van der Waals surface area contributed by atoms with Crippen LogP contribution >= 0.6 is 0 Å². The van der Waals surface area contributed by atoms with Crippen molar-refractivity contribution in [1.82, 2.24) is 4.98 Å². The molecule has 0 radical (unpaired) electrons. The number of fused-ring (bicyclic) bond motifs is 1. The Hall–Kier alpha value is -3.39. The SMILES string of the molecule is C=c1cc(-c2ccccc2)c2cc(=C(O)c3ccccc3)ccc2n1. The van der Waals surface area contributed by atoms with Gasteiger partial charge in [0.15, 0.2) is 0 Å². The Morgan fingerprint density at radius 1 is 0.800 bits per heavy atom. The van der Waals surface area contributed by atoms with Crippen LogP contribution in [-0.2, 0) is 0 Å². The summed E-state index contributed by atoms with van der Waals surface area (Å²) < 4.78 is 0. The molecule has 1 aromatic heterocycles. The molecule has 0 aliphatic heterocycles. The third-order valence-corrected chi connectivity index (χ3v) is 4.27. The molecule has 0 aliphatic rings. The molecule has 0 spiro atoms. The number of pyridine rings is 1. The van der Waals surface area contributed by atoms with Crippen LogP contribution in [0, 0.1) is 0 Å². The highest BCUT2D eigenvalue weighted by atomic mass is 16.3. The highest BCUT2D eigenvalue weighted by molar-refractivity contribution is 5.94. The first kappa shape index (κ1) is 15.2. The van der Waals surface area contributed by atoms with E-state index in [4.69, 9.17) is 0 Å². The van der Waals surface area contributed by atoms with E-state index in [1.165, 1.54) is 0 Å². The Morgan fingerprint density at radius 3 is 2.20 bits per heavy atom. The molecule has 25 heavy (non-hydrogen) atoms. The van der Waals surface area contributed by atoms with Crippen molar-refractivity contribution in [2.24, 2.45) is 0 Å². The molecule has 0 aliphatic carbocycles. The van der Waals surface area contributed by atoms with Gasteiger partial charge in [-0.2, -0.15) is 0 Å². The molecular formula is C23H17NO. The second kappa shape index (κ2) is 6.25. The lowest BCUT2D eigenvalue weighted by atomic mass is 10.00. The number of aliphatic hydroxyl groups excluding tert-OH is 1. The van der Waals surface area contributed by atoms with Gasteiger partial charge in [-0.15, -0.1) is 0 Å². The smallest absolute Gasteiger partial charge is 0.130 e. The van der Waals surface area contributed by atoms with E-state index in [-0.39, 0.29) is 5.76 Å². The predicted octanol–water partition coefficient (Wildman–Crippen LogP) is 4.03. The van der Waals surface area contributed by atoms with Gasteiger partial charge < -0.3 is 5.11 Å². The van der Waals surface area contributed by atoms with Crippen molar-refractivity contribution in [3.8, 4) is 11.1 Å². The summed E-state index contributed by atoms with van der Waals surface area (Å²) in [6.07, 6.45) is 0. The molecule has 4 aromatic rings. The van der Waals surface area contributed by atoms with Crippen LogP contribution in [0.3, 0.4) is 0 Å². The quantitative estimate of drug-likeness (QED) is 0.604. The summed E-state index contributed by atoms with van der Waals surface area (Å²) >= 11 is 0. The first-order chi connectivity index (χ1) is 12.2. The van der Waals surface area contributed by atoms with E-state index in [1.807, 2.05) is 72.8 Å². The first-order valence-corrected chi connectivity index (χ1v) is 8.16. The molecule has 0 bridgehead atoms. The lowest BCUT2D eigenvalue weighted by Gasteiger charge is -2.08. The summed E-state index contributed by atoms with van der Waals surface area (Å²) in [5.41, 5.74) is 3.84. The van der Waals surface area contributed by atoms with E-state index in [2.05, 4.69) is 23.7 Å². The van der Waals surface area contributed by atoms with Crippen molar-refractivity contribution < 1.29 is 5.11 Å². The highest BCUT2D eigenvalue weighted by Gasteiger charge is 2.07. The second-order valence-electron chi connectivity index (χ2n) is 5.97. The molecule has 0 fully saturated rings. The molecule has 2 heteroatoms. The number of aromatic nitrogens is 1. The average molecular weight is 323 g/mol. The fraction of sp³-hybridized carbons (Fsp3) is 0. The largest absolute Gasteiger partial charge is 0.507 e. The average Bonchev–Trinajstić information content (AvgIpc) is 2.68. The Balaban J connectivity index is 2.03. The molecule has 1 N–H and O–H groups in total. The van der Waals surface area contributed by atoms with E-state index in [0.29, 0.717) is 0 Å². The molecule has 120 valence electrons. The molecule has 0 atom stereocenters. The minimum absolute atomic E-state index is 0.264. The molecule has 0 saturated heterocycles. The van der Waals surface area contributed by atoms with Crippen LogP contribution in [0.2, 0.25) is 0 Å². The zero-order chi connectivity index (χ0) is 17.2. The number of hydrogen-bond donors (Lipinski definition) is 1. The number of rotatable bonds is 2. The van der Waals surface area contributed by atoms with Gasteiger partial charge in [0.05, 0.1) is 10.9 Å². The standard InChI is InChI=1S/C23H17NO/c1-16-14-20(17-8-4-2-5-9-17)21-15-19(12-13-22(21)24-16)23(25)18-10-6-3-7-11-18/h2-15,25H,1H2. The summed E-state index contributed by atoms with van der Waals surface area (Å²) in [4.78, 5) is 4.53. The summed E-state index contributed by atoms with van der Waals surface area (Å²) in [5.74, 6) is 0.264. The fourth-order valence-electron chi connectivity index (χ4n) is 3.05. The van der Waals surface area contributed by atoms with Crippen molar-refractivity contribution in [2.75, 3.05) is 0 Å². The number of aliphatic hydroxyl groups is 1. The van der Waals surface area contributed by atoms with Gasteiger partial charge in [0, 0.05) is 16.2 Å². The molecule has 4 rings (SSSR count). The normalized spacial score (nSPS) is 12.2. The van der Waals surface area contributed by atoms with Crippen LogP contribution < -0.4 is 10.6 Å². The van der Waals surface area contributed by atoms with Crippen molar-refractivity contribution in [1.29, 1.82) is 0 Å². The maximum Gasteiger partial charge on any atom is 0.130 e. The minimum atomic E-state index is 0.264. The van der Waals surface area contributed by atoms with Crippen LogP contribution in [0.5, 0.6) is 0 Å². The Bertz CT molecular complexity index is 1150. The molecular weight excluding hydrogens is 306 g/mol. The Labute approximate surface area is 146 Å². The topological polar surface area (TPSA) is 33.1 Å². The maximum atomic E-state index is 10.7. The van der Waals surface area contributed by atoms with E-state index >= 15 is 0 Å². The highest BCUT2D eigenvalue weighted by Crippen LogP contribution is 2.25. The lowest BCUT2D eigenvalue weighted by Crippen LogP contribution is -2.10. The zero-order valence-corrected chi connectivity index (χ0v) is 13.7. The first-order valence-electron chi connectivity index (χ1n) is 8.16. The summed E-state index contributed by atoms with van der Waals surface area (Å²) in [6.45, 7) is 4.00. The van der Waals surface area contributed by atoms with Crippen LogP contribution in [-0.4, -0.2) is 10.1 Å². The van der Waals surface area contributed by atoms with Crippen molar-refractivity contribution in [3.05, 3.63) is 101 Å². The van der Waals surface area contributed by atoms with E-state index in [9.17, 15) is 5.11 Å². The van der Waals surface area contributed by atoms with Crippen LogP contribution in [0.25, 0.3) is 34.4 Å². The fourth-order valence-corrected chi connectivity index (χ4v) is 3.05. The summed E-state index contributed by atoms with van der Waals surface area (Å²) in [6, 6.07) is 27.5. The van der Waals surface area contributed by atoms with Crippen LogP contribution in [0.15, 0.2) is 84.9 Å². The van der Waals surface area contributed by atoms with Gasteiger partial charge in [0.25, 0.3) is 0 Å². The Kier molecular flexibility index (Phi) is 3.79. The van der Waals surface area contributed by atoms with E-state index < -0.39 is 0 Å². The maximum absolute atomic E-state index is 10.7. The summed E-state index contributed by atoms with van der Waals surface area (Å²) in [7, 11) is 0. The molecule has 1 heterocycles. The molecule has 2 nitrogen and oxygen atoms in total. The molecule has 3 aromatic carbocycles. The number of hydrogen-bond acceptors (Lipinski definition) is 2. The predicted molar refractivity (Wildman–Crippen MR) is 104 cm³/mol. The third kappa shape index (κ3) is 2.90. The Morgan fingerprint density at radius 2 is 1.48 bits per heavy atom. The van der Waals surface area contributed by atoms with Gasteiger partial charge >= 0.3 is 0 Å². The van der Waals surface area contributed by atoms with Crippen molar-refractivity contribution >= 4 is 23.2 Å². The van der Waals surface area contributed by atoms with Gasteiger partial charge in [-0.25, -0.2) is 4.98 Å². The van der Waals surface area contributed by atoms with Crippen molar-refractivity contribution in [3.63, 3.8) is 0 Å². The lowest BCUT2D eigenvalue weighted by molar-refractivity contribution is 0.507. The monoisotopic (exact) mass is 323 g/mol. The van der Waals surface area contributed by atoms with Gasteiger partial charge in [-0.05, 0) is 35.4 Å². The minimum Gasteiger partial charge on any atom is -0.507 e. The second-order valence-corrected chi connectivity index (χ2v) is 5.97. The van der Waals surface area contributed by atoms with Crippen LogP contribution in [0.1, 0.15) is 5.56 Å². The summed E-state index contributed by atoms with van der Waals surface area (Å²) in [5, 5.41) is 13.2. The number of nitrogens with zero attached hydrogens (tertiary/aromatic N) is 1. The van der Waals surface area contributed by atoms with Crippen molar-refractivity contribution in [2.45, 2.75) is 0 Å². The van der Waals surface area contributed by atoms with Gasteiger partial charge in [-0.3, -0.25) is 0 Å². The third-order valence-electron chi connectivity index (χ3n) is 4.27. The van der Waals surface area contributed by atoms with E-state index in [1.54, 1.807) is 0 Å². The molecule has 0 unspecified atom stereocenters. The van der Waals surface area contributed by atoms with Gasteiger partial charge in [-0.1, -0.05) is 67.2 Å². The van der Waals surface area contributed by atoms with Gasteiger partial charge in [0.2, 0.25) is 0 Å². The van der Waals surface area contributed by atoms with Gasteiger partial charge in [0.1, 0.15) is 5.76 Å². The molecule has 0 saturated carbocycles. The zero-order valence-electron chi connectivity index (χ0n) is 13.7. The van der Waals surface area contributed by atoms with E-state index in [0.717, 1.165) is 38.2 Å².